The van der Waals surface area contributed by atoms with Gasteiger partial charge in [0.1, 0.15) is 5.65 Å². The highest BCUT2D eigenvalue weighted by atomic mass is 35.5. The van der Waals surface area contributed by atoms with Crippen LogP contribution in [0.3, 0.4) is 0 Å². The molecule has 0 saturated carbocycles. The zero-order valence-electron chi connectivity index (χ0n) is 11.0. The lowest BCUT2D eigenvalue weighted by molar-refractivity contribution is 1.01. The Labute approximate surface area is 130 Å². The molecule has 2 heterocycles. The molecule has 0 spiro atoms. The summed E-state index contributed by atoms with van der Waals surface area (Å²) in [4.78, 5) is 17.4. The number of benzene rings is 1. The number of nitrogen functional groups attached to an aromatic ring is 1. The van der Waals surface area contributed by atoms with Gasteiger partial charge in [-0.25, -0.2) is 4.98 Å². The van der Waals surface area contributed by atoms with Crippen LogP contribution in [0.2, 0.25) is 5.02 Å². The van der Waals surface area contributed by atoms with E-state index in [1.807, 2.05) is 18.2 Å². The lowest BCUT2D eigenvalue weighted by atomic mass is 10.3. The van der Waals surface area contributed by atoms with Crippen LogP contribution in [0.15, 0.2) is 58.4 Å². The van der Waals surface area contributed by atoms with Crippen molar-refractivity contribution in [3.63, 3.8) is 0 Å². The molecule has 4 nitrogen and oxygen atoms in total. The van der Waals surface area contributed by atoms with Crippen molar-refractivity contribution < 1.29 is 0 Å². The Kier molecular flexibility index (Phi) is 3.86. The molecule has 0 amide bonds. The molecule has 0 fully saturated rings. The largest absolute Gasteiger partial charge is 0.399 e. The minimum atomic E-state index is -0.0837. The van der Waals surface area contributed by atoms with E-state index >= 15 is 0 Å². The minimum Gasteiger partial charge on any atom is -0.399 e. The highest BCUT2D eigenvalue weighted by molar-refractivity contribution is 7.98. The van der Waals surface area contributed by atoms with E-state index in [-0.39, 0.29) is 5.56 Å². The highest BCUT2D eigenvalue weighted by Gasteiger charge is 2.05. The summed E-state index contributed by atoms with van der Waals surface area (Å²) in [6.45, 7) is 0. The second-order valence-electron chi connectivity index (χ2n) is 4.49. The van der Waals surface area contributed by atoms with Gasteiger partial charge in [-0.3, -0.25) is 9.20 Å². The molecule has 106 valence electrons. The van der Waals surface area contributed by atoms with E-state index in [0.717, 1.165) is 10.6 Å². The number of hydrogen-bond donors (Lipinski definition) is 1. The maximum absolute atomic E-state index is 12.0. The summed E-state index contributed by atoms with van der Waals surface area (Å²) in [5.74, 6) is 0.574. The Bertz CT molecular complexity index is 863. The average Bonchev–Trinajstić information content (AvgIpc) is 2.46. The molecule has 21 heavy (non-hydrogen) atoms. The van der Waals surface area contributed by atoms with Crippen molar-refractivity contribution in [3.8, 4) is 0 Å². The van der Waals surface area contributed by atoms with Gasteiger partial charge in [-0.05, 0) is 30.3 Å². The van der Waals surface area contributed by atoms with E-state index in [4.69, 9.17) is 17.3 Å². The fourth-order valence-corrected chi connectivity index (χ4v) is 3.13. The monoisotopic (exact) mass is 317 g/mol. The van der Waals surface area contributed by atoms with Gasteiger partial charge in [0.05, 0.1) is 10.7 Å². The quantitative estimate of drug-likeness (QED) is 0.595. The SMILES string of the molecule is Nc1ccc(SCc2cc(=O)n3ccccc3n2)c(Cl)c1. The van der Waals surface area contributed by atoms with Crippen LogP contribution in [0.1, 0.15) is 5.69 Å². The summed E-state index contributed by atoms with van der Waals surface area (Å²) >= 11 is 7.66. The summed E-state index contributed by atoms with van der Waals surface area (Å²) in [6.07, 6.45) is 1.71. The summed E-state index contributed by atoms with van der Waals surface area (Å²) in [7, 11) is 0. The van der Waals surface area contributed by atoms with Gasteiger partial charge in [-0.1, -0.05) is 17.7 Å². The average molecular weight is 318 g/mol. The fraction of sp³-hybridized carbons (Fsp3) is 0.0667. The second-order valence-corrected chi connectivity index (χ2v) is 5.92. The third-order valence-corrected chi connectivity index (χ3v) is 4.49. The number of rotatable bonds is 3. The molecule has 0 radical (unpaired) electrons. The maximum atomic E-state index is 12.0. The molecule has 1 aromatic carbocycles. The summed E-state index contributed by atoms with van der Waals surface area (Å²) < 4.78 is 1.52. The van der Waals surface area contributed by atoms with Gasteiger partial charge in [0, 0.05) is 28.6 Å². The van der Waals surface area contributed by atoms with Crippen molar-refractivity contribution in [2.75, 3.05) is 5.73 Å². The molecular formula is C15H12ClN3OS. The molecule has 0 aliphatic heterocycles. The first-order valence-corrected chi connectivity index (χ1v) is 7.65. The zero-order chi connectivity index (χ0) is 14.8. The predicted octanol–water partition coefficient (Wildman–Crippen LogP) is 3.22. The van der Waals surface area contributed by atoms with Crippen molar-refractivity contribution in [2.24, 2.45) is 0 Å². The lowest BCUT2D eigenvalue weighted by Gasteiger charge is -2.06. The number of nitrogens with zero attached hydrogens (tertiary/aromatic N) is 2. The summed E-state index contributed by atoms with van der Waals surface area (Å²) in [5, 5.41) is 0.609. The molecule has 0 aliphatic rings. The van der Waals surface area contributed by atoms with Crippen molar-refractivity contribution in [2.45, 2.75) is 10.6 Å². The van der Waals surface area contributed by atoms with Crippen LogP contribution >= 0.6 is 23.4 Å². The Balaban J connectivity index is 1.87. The van der Waals surface area contributed by atoms with Crippen LogP contribution in [0, 0.1) is 0 Å². The minimum absolute atomic E-state index is 0.0837. The molecular weight excluding hydrogens is 306 g/mol. The fourth-order valence-electron chi connectivity index (χ4n) is 1.96. The van der Waals surface area contributed by atoms with Crippen LogP contribution in [-0.2, 0) is 5.75 Å². The smallest absolute Gasteiger partial charge is 0.258 e. The van der Waals surface area contributed by atoms with E-state index in [1.165, 1.54) is 16.2 Å². The van der Waals surface area contributed by atoms with Crippen LogP contribution in [0.4, 0.5) is 5.69 Å². The van der Waals surface area contributed by atoms with E-state index in [2.05, 4.69) is 4.98 Å². The topological polar surface area (TPSA) is 60.4 Å². The van der Waals surface area contributed by atoms with Crippen molar-refractivity contribution in [1.82, 2.24) is 9.38 Å². The van der Waals surface area contributed by atoms with E-state index in [0.29, 0.717) is 22.1 Å². The van der Waals surface area contributed by atoms with Crippen molar-refractivity contribution in [1.29, 1.82) is 0 Å². The van der Waals surface area contributed by atoms with Gasteiger partial charge in [-0.15, -0.1) is 11.8 Å². The molecule has 0 atom stereocenters. The lowest BCUT2D eigenvalue weighted by Crippen LogP contribution is -2.14. The van der Waals surface area contributed by atoms with E-state index in [9.17, 15) is 4.79 Å². The molecule has 2 aromatic heterocycles. The molecule has 0 saturated heterocycles. The second kappa shape index (κ2) is 5.79. The van der Waals surface area contributed by atoms with Gasteiger partial charge in [-0.2, -0.15) is 0 Å². The maximum Gasteiger partial charge on any atom is 0.258 e. The normalized spacial score (nSPS) is 10.9. The Hall–Kier alpha value is -1.98. The van der Waals surface area contributed by atoms with Crippen LogP contribution in [-0.4, -0.2) is 9.38 Å². The standard InChI is InChI=1S/C15H12ClN3OS/c16-12-7-10(17)4-5-13(12)21-9-11-8-15(20)19-6-2-1-3-14(19)18-11/h1-8H,9,17H2. The number of halogens is 1. The number of hydrogen-bond acceptors (Lipinski definition) is 4. The molecule has 0 bridgehead atoms. The highest BCUT2D eigenvalue weighted by Crippen LogP contribution is 2.30. The van der Waals surface area contributed by atoms with Gasteiger partial charge in [0.25, 0.3) is 5.56 Å². The summed E-state index contributed by atoms with van der Waals surface area (Å²) in [5.41, 5.74) is 7.58. The molecule has 2 N–H and O–H groups in total. The van der Waals surface area contributed by atoms with Crippen LogP contribution < -0.4 is 11.3 Å². The number of aromatic nitrogens is 2. The predicted molar refractivity (Wildman–Crippen MR) is 86.9 cm³/mol. The third-order valence-electron chi connectivity index (χ3n) is 2.96. The Morgan fingerprint density at radius 3 is 2.90 bits per heavy atom. The number of fused-ring (bicyclic) bond motifs is 1. The first-order chi connectivity index (χ1) is 10.1. The summed E-state index contributed by atoms with van der Waals surface area (Å²) in [6, 6.07) is 12.4. The molecule has 0 aliphatic carbocycles. The number of thioether (sulfide) groups is 1. The van der Waals surface area contributed by atoms with Gasteiger partial charge >= 0.3 is 0 Å². The van der Waals surface area contributed by atoms with E-state index in [1.54, 1.807) is 30.5 Å². The molecule has 0 unspecified atom stereocenters. The van der Waals surface area contributed by atoms with Crippen LogP contribution in [0.25, 0.3) is 5.65 Å². The molecule has 3 rings (SSSR count). The van der Waals surface area contributed by atoms with Crippen molar-refractivity contribution in [3.05, 3.63) is 69.7 Å². The third kappa shape index (κ3) is 3.04. The Morgan fingerprint density at radius 2 is 2.10 bits per heavy atom. The number of nitrogens with two attached hydrogens (primary N) is 1. The molecule has 6 heteroatoms. The number of pyridine rings is 1. The van der Waals surface area contributed by atoms with Crippen molar-refractivity contribution >= 4 is 34.7 Å². The van der Waals surface area contributed by atoms with Gasteiger partial charge in [0.15, 0.2) is 0 Å². The first kappa shape index (κ1) is 14.0. The zero-order valence-corrected chi connectivity index (χ0v) is 12.6. The van der Waals surface area contributed by atoms with Gasteiger partial charge < -0.3 is 5.73 Å². The first-order valence-electron chi connectivity index (χ1n) is 6.28. The Morgan fingerprint density at radius 1 is 1.24 bits per heavy atom. The number of anilines is 1. The molecule has 3 aromatic rings. The van der Waals surface area contributed by atoms with Crippen LogP contribution in [0.5, 0.6) is 0 Å². The van der Waals surface area contributed by atoms with E-state index < -0.39 is 0 Å². The van der Waals surface area contributed by atoms with Gasteiger partial charge in [0.2, 0.25) is 0 Å².